The van der Waals surface area contributed by atoms with E-state index in [4.69, 9.17) is 16.9 Å². The first-order valence-corrected chi connectivity index (χ1v) is 7.37. The molecule has 0 radical (unpaired) electrons. The zero-order chi connectivity index (χ0) is 15.6. The van der Waals surface area contributed by atoms with Gasteiger partial charge in [-0.2, -0.15) is 5.26 Å². The summed E-state index contributed by atoms with van der Waals surface area (Å²) in [6.07, 6.45) is 0. The van der Waals surface area contributed by atoms with Gasteiger partial charge in [-0.25, -0.2) is 17.2 Å². The highest BCUT2D eigenvalue weighted by atomic mass is 35.5. The highest BCUT2D eigenvalue weighted by Crippen LogP contribution is 2.25. The van der Waals surface area contributed by atoms with Gasteiger partial charge in [-0.05, 0) is 36.4 Å². The van der Waals surface area contributed by atoms with Crippen LogP contribution >= 0.6 is 11.6 Å². The molecule has 0 heterocycles. The van der Waals surface area contributed by atoms with Gasteiger partial charge in [0.25, 0.3) is 10.0 Å². The zero-order valence-corrected chi connectivity index (χ0v) is 11.8. The van der Waals surface area contributed by atoms with E-state index in [0.717, 1.165) is 36.4 Å². The van der Waals surface area contributed by atoms with Crippen molar-refractivity contribution in [3.05, 3.63) is 58.6 Å². The minimum atomic E-state index is -4.16. The maximum atomic E-state index is 13.2. The molecule has 0 saturated carbocycles. The number of nitrogens with zero attached hydrogens (tertiary/aromatic N) is 1. The van der Waals surface area contributed by atoms with Gasteiger partial charge in [0, 0.05) is 0 Å². The van der Waals surface area contributed by atoms with Crippen molar-refractivity contribution in [1.82, 2.24) is 0 Å². The molecule has 0 saturated heterocycles. The minimum Gasteiger partial charge on any atom is -0.280 e. The Morgan fingerprint density at radius 2 is 1.86 bits per heavy atom. The number of halogens is 3. The molecule has 1 N–H and O–H groups in total. The third kappa shape index (κ3) is 3.29. The van der Waals surface area contributed by atoms with E-state index < -0.39 is 26.6 Å². The summed E-state index contributed by atoms with van der Waals surface area (Å²) >= 11 is 5.73. The van der Waals surface area contributed by atoms with E-state index in [1.807, 2.05) is 0 Å². The zero-order valence-electron chi connectivity index (χ0n) is 10.3. The molecule has 8 heteroatoms. The van der Waals surface area contributed by atoms with Gasteiger partial charge in [0.1, 0.15) is 22.6 Å². The molecule has 0 aromatic heterocycles. The Hall–Kier alpha value is -2.17. The highest BCUT2D eigenvalue weighted by molar-refractivity contribution is 7.92. The van der Waals surface area contributed by atoms with Crippen LogP contribution in [-0.4, -0.2) is 8.42 Å². The predicted molar refractivity (Wildman–Crippen MR) is 73.3 cm³/mol. The van der Waals surface area contributed by atoms with Gasteiger partial charge in [-0.15, -0.1) is 0 Å². The third-order valence-corrected chi connectivity index (χ3v) is 4.38. The Morgan fingerprint density at radius 3 is 2.52 bits per heavy atom. The van der Waals surface area contributed by atoms with Crippen LogP contribution < -0.4 is 4.72 Å². The highest BCUT2D eigenvalue weighted by Gasteiger charge is 2.19. The monoisotopic (exact) mass is 328 g/mol. The van der Waals surface area contributed by atoms with Crippen LogP contribution in [0.4, 0.5) is 14.5 Å². The number of hydrogen-bond donors (Lipinski definition) is 1. The molecule has 2 aromatic rings. The van der Waals surface area contributed by atoms with Gasteiger partial charge >= 0.3 is 0 Å². The molecular formula is C13H7ClF2N2O2S. The van der Waals surface area contributed by atoms with E-state index in [9.17, 15) is 17.2 Å². The summed E-state index contributed by atoms with van der Waals surface area (Å²) in [6.45, 7) is 0. The molecule has 0 unspecified atom stereocenters. The van der Waals surface area contributed by atoms with Crippen LogP contribution in [0, 0.1) is 23.0 Å². The fourth-order valence-corrected chi connectivity index (χ4v) is 3.13. The van der Waals surface area contributed by atoms with Gasteiger partial charge < -0.3 is 0 Å². The fourth-order valence-electron chi connectivity index (χ4n) is 1.57. The molecule has 2 aromatic carbocycles. The van der Waals surface area contributed by atoms with Crippen molar-refractivity contribution >= 4 is 27.3 Å². The minimum absolute atomic E-state index is 0.0340. The average molecular weight is 329 g/mol. The third-order valence-electron chi connectivity index (χ3n) is 2.52. The molecule has 0 atom stereocenters. The average Bonchev–Trinajstić information content (AvgIpc) is 2.43. The quantitative estimate of drug-likeness (QED) is 0.939. The van der Waals surface area contributed by atoms with Crippen molar-refractivity contribution in [2.24, 2.45) is 0 Å². The predicted octanol–water partition coefficient (Wildman–Crippen LogP) is 3.29. The van der Waals surface area contributed by atoms with E-state index in [1.54, 1.807) is 6.07 Å². The molecular weight excluding hydrogens is 322 g/mol. The summed E-state index contributed by atoms with van der Waals surface area (Å²) in [7, 11) is -4.16. The van der Waals surface area contributed by atoms with Crippen LogP contribution in [0.2, 0.25) is 5.02 Å². The van der Waals surface area contributed by atoms with Crippen molar-refractivity contribution in [1.29, 1.82) is 5.26 Å². The van der Waals surface area contributed by atoms with Crippen molar-refractivity contribution in [2.75, 3.05) is 4.72 Å². The standard InChI is InChI=1S/C13H7ClF2N2O2S/c14-11-3-1-9(15)6-13(11)21(19,20)18-10-2-4-12(16)8(5-10)7-17/h1-6,18H. The van der Waals surface area contributed by atoms with Crippen molar-refractivity contribution in [2.45, 2.75) is 4.90 Å². The Kier molecular flexibility index (Phi) is 4.11. The second kappa shape index (κ2) is 5.68. The van der Waals surface area contributed by atoms with Gasteiger partial charge in [-0.1, -0.05) is 11.6 Å². The molecule has 4 nitrogen and oxygen atoms in total. The summed E-state index contributed by atoms with van der Waals surface area (Å²) in [5.41, 5.74) is -0.353. The van der Waals surface area contributed by atoms with Crippen LogP contribution in [-0.2, 0) is 10.0 Å². The van der Waals surface area contributed by atoms with E-state index in [0.29, 0.717) is 0 Å². The van der Waals surface area contributed by atoms with Gasteiger partial charge in [0.2, 0.25) is 0 Å². The molecule has 2 rings (SSSR count). The first-order valence-electron chi connectivity index (χ1n) is 5.51. The van der Waals surface area contributed by atoms with Gasteiger partial charge in [-0.3, -0.25) is 4.72 Å². The lowest BCUT2D eigenvalue weighted by Crippen LogP contribution is -2.14. The molecule has 21 heavy (non-hydrogen) atoms. The van der Waals surface area contributed by atoms with E-state index in [2.05, 4.69) is 4.72 Å². The van der Waals surface area contributed by atoms with E-state index >= 15 is 0 Å². The molecule has 0 aliphatic rings. The summed E-state index contributed by atoms with van der Waals surface area (Å²) in [5.74, 6) is -1.54. The lowest BCUT2D eigenvalue weighted by Gasteiger charge is -2.10. The number of rotatable bonds is 3. The number of nitriles is 1. The Morgan fingerprint density at radius 1 is 1.14 bits per heavy atom. The molecule has 0 spiro atoms. The first kappa shape index (κ1) is 15.2. The molecule has 108 valence electrons. The summed E-state index contributed by atoms with van der Waals surface area (Å²) in [5, 5.41) is 8.54. The van der Waals surface area contributed by atoms with E-state index in [-0.39, 0.29) is 16.3 Å². The van der Waals surface area contributed by atoms with E-state index in [1.165, 1.54) is 0 Å². The first-order chi connectivity index (χ1) is 9.83. The lowest BCUT2D eigenvalue weighted by molar-refractivity contribution is 0.595. The number of anilines is 1. The summed E-state index contributed by atoms with van der Waals surface area (Å²) < 4.78 is 52.7. The molecule has 0 fully saturated rings. The molecule has 0 amide bonds. The maximum Gasteiger partial charge on any atom is 0.263 e. The number of sulfonamides is 1. The van der Waals surface area contributed by atoms with Crippen LogP contribution in [0.3, 0.4) is 0 Å². The molecule has 0 aliphatic carbocycles. The second-order valence-corrected chi connectivity index (χ2v) is 6.04. The second-order valence-electron chi connectivity index (χ2n) is 3.99. The normalized spacial score (nSPS) is 11.0. The summed E-state index contributed by atoms with van der Waals surface area (Å²) in [4.78, 5) is -0.452. The van der Waals surface area contributed by atoms with Gasteiger partial charge in [0.15, 0.2) is 0 Å². The number of nitrogens with one attached hydrogen (secondary N) is 1. The maximum absolute atomic E-state index is 13.2. The molecule has 0 aliphatic heterocycles. The van der Waals surface area contributed by atoms with Crippen LogP contribution in [0.1, 0.15) is 5.56 Å². The SMILES string of the molecule is N#Cc1cc(NS(=O)(=O)c2cc(F)ccc2Cl)ccc1F. The Labute approximate surface area is 124 Å². The molecule has 0 bridgehead atoms. The Bertz CT molecular complexity index is 848. The largest absolute Gasteiger partial charge is 0.280 e. The van der Waals surface area contributed by atoms with Crippen LogP contribution in [0.5, 0.6) is 0 Å². The van der Waals surface area contributed by atoms with Crippen molar-refractivity contribution < 1.29 is 17.2 Å². The van der Waals surface area contributed by atoms with Gasteiger partial charge in [0.05, 0.1) is 16.3 Å². The van der Waals surface area contributed by atoms with Crippen LogP contribution in [0.15, 0.2) is 41.3 Å². The number of hydrogen-bond acceptors (Lipinski definition) is 3. The lowest BCUT2D eigenvalue weighted by atomic mass is 10.2. The number of benzene rings is 2. The Balaban J connectivity index is 2.43. The summed E-state index contributed by atoms with van der Waals surface area (Å²) in [6, 6.07) is 7.59. The smallest absolute Gasteiger partial charge is 0.263 e. The topological polar surface area (TPSA) is 70.0 Å². The van der Waals surface area contributed by atoms with Crippen molar-refractivity contribution in [3.8, 4) is 6.07 Å². The van der Waals surface area contributed by atoms with Crippen LogP contribution in [0.25, 0.3) is 0 Å². The fraction of sp³-hybridized carbons (Fsp3) is 0. The van der Waals surface area contributed by atoms with Crippen molar-refractivity contribution in [3.63, 3.8) is 0 Å².